The van der Waals surface area contributed by atoms with Crippen molar-refractivity contribution in [3.63, 3.8) is 0 Å². The molecular weight excluding hydrogens is 404 g/mol. The van der Waals surface area contributed by atoms with E-state index in [1.165, 1.54) is 4.68 Å². The van der Waals surface area contributed by atoms with E-state index >= 15 is 0 Å². The van der Waals surface area contributed by atoms with Crippen LogP contribution in [0.3, 0.4) is 0 Å². The number of anilines is 1. The van der Waals surface area contributed by atoms with Crippen LogP contribution in [0.25, 0.3) is 16.8 Å². The van der Waals surface area contributed by atoms with E-state index in [0.29, 0.717) is 30.1 Å². The molecule has 8 nitrogen and oxygen atoms in total. The van der Waals surface area contributed by atoms with E-state index < -0.39 is 0 Å². The fraction of sp³-hybridized carbons (Fsp3) is 0.250. The summed E-state index contributed by atoms with van der Waals surface area (Å²) in [5, 5.41) is 8.88. The van der Waals surface area contributed by atoms with E-state index in [9.17, 15) is 9.59 Å². The number of nitrogens with zero attached hydrogens (tertiary/aromatic N) is 6. The molecule has 0 radical (unpaired) electrons. The van der Waals surface area contributed by atoms with Gasteiger partial charge in [-0.15, -0.1) is 0 Å². The molecule has 8 heteroatoms. The lowest BCUT2D eigenvalue weighted by Crippen LogP contribution is -2.50. The van der Waals surface area contributed by atoms with Gasteiger partial charge in [0.15, 0.2) is 0 Å². The second kappa shape index (κ2) is 8.30. The van der Waals surface area contributed by atoms with E-state index in [1.807, 2.05) is 48.5 Å². The van der Waals surface area contributed by atoms with E-state index in [0.717, 1.165) is 24.3 Å². The van der Waals surface area contributed by atoms with Gasteiger partial charge in [0, 0.05) is 37.4 Å². The Balaban J connectivity index is 1.33. The Bertz CT molecular complexity index is 1310. The highest BCUT2D eigenvalue weighted by molar-refractivity contribution is 5.76. The second-order valence-electron chi connectivity index (χ2n) is 7.91. The number of carbonyl (C=O) groups is 1. The molecule has 1 saturated heterocycles. The lowest BCUT2D eigenvalue weighted by molar-refractivity contribution is -0.132. The predicted molar refractivity (Wildman–Crippen MR) is 123 cm³/mol. The molecule has 3 heterocycles. The zero-order valence-corrected chi connectivity index (χ0v) is 17.9. The molecule has 32 heavy (non-hydrogen) atoms. The molecule has 0 atom stereocenters. The number of hydrogen-bond donors (Lipinski definition) is 0. The van der Waals surface area contributed by atoms with E-state index in [1.54, 1.807) is 22.4 Å². The van der Waals surface area contributed by atoms with Crippen LogP contribution in [0.5, 0.6) is 0 Å². The Hall–Kier alpha value is -3.94. The Morgan fingerprint density at radius 3 is 2.25 bits per heavy atom. The molecule has 0 aliphatic carbocycles. The minimum Gasteiger partial charge on any atom is -0.368 e. The first kappa shape index (κ1) is 20.0. The highest BCUT2D eigenvalue weighted by Crippen LogP contribution is 2.18. The number of aromatic nitrogens is 4. The van der Waals surface area contributed by atoms with Crippen LogP contribution in [-0.4, -0.2) is 56.4 Å². The van der Waals surface area contributed by atoms with Crippen molar-refractivity contribution in [1.82, 2.24) is 24.3 Å². The van der Waals surface area contributed by atoms with Crippen LogP contribution in [-0.2, 0) is 11.3 Å². The first-order valence-corrected chi connectivity index (χ1v) is 10.7. The maximum absolute atomic E-state index is 13.0. The molecule has 2 aromatic heterocycles. The lowest BCUT2D eigenvalue weighted by Gasteiger charge is -2.36. The van der Waals surface area contributed by atoms with Gasteiger partial charge >= 0.3 is 0 Å². The number of amides is 1. The summed E-state index contributed by atoms with van der Waals surface area (Å²) in [6.07, 6.45) is 0. The number of fused-ring (bicyclic) bond motifs is 1. The molecule has 0 spiro atoms. The second-order valence-corrected chi connectivity index (χ2v) is 7.91. The van der Waals surface area contributed by atoms with Crippen LogP contribution in [0.15, 0.2) is 71.5 Å². The fourth-order valence-electron chi connectivity index (χ4n) is 4.11. The first-order chi connectivity index (χ1) is 15.6. The summed E-state index contributed by atoms with van der Waals surface area (Å²) >= 11 is 0. The first-order valence-electron chi connectivity index (χ1n) is 10.7. The number of carbonyl (C=O) groups excluding carboxylic acids is 1. The Kier molecular flexibility index (Phi) is 5.18. The zero-order valence-electron chi connectivity index (χ0n) is 17.9. The van der Waals surface area contributed by atoms with Crippen molar-refractivity contribution in [2.45, 2.75) is 13.5 Å². The van der Waals surface area contributed by atoms with Crippen molar-refractivity contribution in [3.8, 4) is 11.3 Å². The topological polar surface area (TPSA) is 75.7 Å². The van der Waals surface area contributed by atoms with Gasteiger partial charge < -0.3 is 9.80 Å². The molecule has 1 fully saturated rings. The molecule has 1 aliphatic heterocycles. The number of aryl methyl sites for hydroxylation is 1. The number of hydrogen-bond acceptors (Lipinski definition) is 5. The summed E-state index contributed by atoms with van der Waals surface area (Å²) in [5.74, 6) is 0.460. The summed E-state index contributed by atoms with van der Waals surface area (Å²) in [4.78, 5) is 30.0. The van der Waals surface area contributed by atoms with Crippen LogP contribution in [0.4, 0.5) is 5.69 Å². The van der Waals surface area contributed by atoms with E-state index in [4.69, 9.17) is 0 Å². The van der Waals surface area contributed by atoms with Gasteiger partial charge in [-0.2, -0.15) is 10.2 Å². The van der Waals surface area contributed by atoms with Crippen LogP contribution >= 0.6 is 0 Å². The van der Waals surface area contributed by atoms with Gasteiger partial charge in [0.2, 0.25) is 5.91 Å². The number of piperazine rings is 1. The molecule has 5 rings (SSSR count). The van der Waals surface area contributed by atoms with E-state index in [-0.39, 0.29) is 18.0 Å². The molecule has 0 N–H and O–H groups in total. The highest BCUT2D eigenvalue weighted by atomic mass is 16.2. The van der Waals surface area contributed by atoms with Gasteiger partial charge in [-0.1, -0.05) is 48.5 Å². The molecule has 0 unspecified atom stereocenters. The summed E-state index contributed by atoms with van der Waals surface area (Å²) in [6, 6.07) is 21.6. The smallest absolute Gasteiger partial charge is 0.293 e. The van der Waals surface area contributed by atoms with Crippen LogP contribution in [0.1, 0.15) is 5.82 Å². The maximum atomic E-state index is 13.0. The molecule has 2 aromatic carbocycles. The summed E-state index contributed by atoms with van der Waals surface area (Å²) in [5.41, 5.74) is 2.88. The van der Waals surface area contributed by atoms with E-state index in [2.05, 4.69) is 27.2 Å². The molecular formula is C24H24N6O2. The average molecular weight is 428 g/mol. The van der Waals surface area contributed by atoms with Gasteiger partial charge in [0.1, 0.15) is 17.9 Å². The maximum Gasteiger partial charge on any atom is 0.293 e. The monoisotopic (exact) mass is 428 g/mol. The Labute approximate surface area is 185 Å². The van der Waals surface area contributed by atoms with Gasteiger partial charge in [0.25, 0.3) is 5.56 Å². The zero-order chi connectivity index (χ0) is 22.1. The van der Waals surface area contributed by atoms with Crippen LogP contribution in [0.2, 0.25) is 0 Å². The third kappa shape index (κ3) is 3.75. The summed E-state index contributed by atoms with van der Waals surface area (Å²) in [7, 11) is 0. The molecule has 162 valence electrons. The van der Waals surface area contributed by atoms with Crippen LogP contribution < -0.4 is 10.5 Å². The van der Waals surface area contributed by atoms with Crippen molar-refractivity contribution in [2.75, 3.05) is 31.1 Å². The van der Waals surface area contributed by atoms with Crippen LogP contribution in [0, 0.1) is 6.92 Å². The number of benzene rings is 2. The lowest BCUT2D eigenvalue weighted by atomic mass is 10.1. The predicted octanol–water partition coefficient (Wildman–Crippen LogP) is 2.22. The standard InChI is InChI=1S/C24H24N6O2/c1-18-25-29(24(32)22-16-21(26-30(18)22)19-8-4-2-5-9-19)17-23(31)28-14-12-27(13-15-28)20-10-6-3-7-11-20/h2-11,16H,12-15,17H2,1H3. The van der Waals surface area contributed by atoms with Gasteiger partial charge in [-0.25, -0.2) is 9.20 Å². The summed E-state index contributed by atoms with van der Waals surface area (Å²) in [6.45, 7) is 4.47. The fourth-order valence-corrected chi connectivity index (χ4v) is 4.11. The number of para-hydroxylation sites is 1. The molecule has 0 bridgehead atoms. The highest BCUT2D eigenvalue weighted by Gasteiger charge is 2.23. The normalized spacial score (nSPS) is 14.2. The van der Waals surface area contributed by atoms with Gasteiger partial charge in [-0.05, 0) is 25.1 Å². The number of rotatable bonds is 4. The van der Waals surface area contributed by atoms with Gasteiger partial charge in [0.05, 0.1) is 5.69 Å². The molecule has 1 aliphatic rings. The summed E-state index contributed by atoms with van der Waals surface area (Å²) < 4.78 is 2.80. The van der Waals surface area contributed by atoms with Crippen molar-refractivity contribution in [1.29, 1.82) is 0 Å². The minimum atomic E-state index is -0.318. The SMILES string of the molecule is Cc1nn(CC(=O)N2CCN(c3ccccc3)CC2)c(=O)c2cc(-c3ccccc3)nn12. The molecule has 0 saturated carbocycles. The third-order valence-corrected chi connectivity index (χ3v) is 5.84. The largest absolute Gasteiger partial charge is 0.368 e. The Morgan fingerprint density at radius 1 is 0.906 bits per heavy atom. The third-order valence-electron chi connectivity index (χ3n) is 5.84. The molecule has 1 amide bonds. The van der Waals surface area contributed by atoms with Crippen molar-refractivity contribution >= 4 is 17.1 Å². The minimum absolute atomic E-state index is 0.0760. The van der Waals surface area contributed by atoms with Crippen molar-refractivity contribution < 1.29 is 4.79 Å². The van der Waals surface area contributed by atoms with Crippen molar-refractivity contribution in [2.24, 2.45) is 0 Å². The van der Waals surface area contributed by atoms with Gasteiger partial charge in [-0.3, -0.25) is 9.59 Å². The molecule has 4 aromatic rings. The average Bonchev–Trinajstić information content (AvgIpc) is 3.30. The Morgan fingerprint density at radius 2 is 1.56 bits per heavy atom. The van der Waals surface area contributed by atoms with Crippen molar-refractivity contribution in [3.05, 3.63) is 82.9 Å². The quantitative estimate of drug-likeness (QED) is 0.498.